The summed E-state index contributed by atoms with van der Waals surface area (Å²) in [4.78, 5) is 32.5. The van der Waals surface area contributed by atoms with Crippen molar-refractivity contribution in [2.24, 2.45) is 0 Å². The minimum absolute atomic E-state index is 0.00550. The Morgan fingerprint density at radius 1 is 0.966 bits per heavy atom. The Bertz CT molecular complexity index is 787. The van der Waals surface area contributed by atoms with Gasteiger partial charge in [-0.15, -0.1) is 0 Å². The average Bonchev–Trinajstić information content (AvgIpc) is 2.69. The van der Waals surface area contributed by atoms with Gasteiger partial charge in [0.15, 0.2) is 0 Å². The van der Waals surface area contributed by atoms with E-state index in [0.29, 0.717) is 12.6 Å². The summed E-state index contributed by atoms with van der Waals surface area (Å²) in [7, 11) is 0. The molecule has 0 aliphatic carbocycles. The van der Waals surface area contributed by atoms with Gasteiger partial charge in [0.25, 0.3) is 0 Å². The molecular formula is C21H26N2O5S. The number of carboxylic acid groups (broad SMARTS) is 2. The first-order valence-corrected chi connectivity index (χ1v) is 9.96. The maximum atomic E-state index is 12.1. The van der Waals surface area contributed by atoms with E-state index in [2.05, 4.69) is 36.6 Å². The van der Waals surface area contributed by atoms with Gasteiger partial charge in [-0.2, -0.15) is 0 Å². The van der Waals surface area contributed by atoms with Crippen LogP contribution in [-0.4, -0.2) is 40.6 Å². The van der Waals surface area contributed by atoms with Crippen molar-refractivity contribution in [3.63, 3.8) is 0 Å². The van der Waals surface area contributed by atoms with E-state index in [-0.39, 0.29) is 5.91 Å². The number of rotatable bonds is 8. The van der Waals surface area contributed by atoms with E-state index in [1.165, 1.54) is 0 Å². The number of anilines is 1. The zero-order chi connectivity index (χ0) is 21.6. The number of benzene rings is 2. The lowest BCUT2D eigenvalue weighted by Gasteiger charge is -2.14. The molecule has 0 radical (unpaired) electrons. The molecule has 156 valence electrons. The highest BCUT2D eigenvalue weighted by molar-refractivity contribution is 7.99. The van der Waals surface area contributed by atoms with E-state index in [9.17, 15) is 4.79 Å². The fraction of sp³-hybridized carbons (Fsp3) is 0.286. The first kappa shape index (κ1) is 24.2. The SMILES string of the molecule is CCCC(C)NCC(=O)Nc1ccccc1Sc1ccccc1.O=C(O)C(=O)O. The van der Waals surface area contributed by atoms with Crippen molar-refractivity contribution in [1.29, 1.82) is 0 Å². The molecule has 4 N–H and O–H groups in total. The van der Waals surface area contributed by atoms with Crippen LogP contribution in [0.3, 0.4) is 0 Å². The number of hydrogen-bond acceptors (Lipinski definition) is 5. The highest BCUT2D eigenvalue weighted by Crippen LogP contribution is 2.33. The van der Waals surface area contributed by atoms with Gasteiger partial charge in [-0.25, -0.2) is 9.59 Å². The van der Waals surface area contributed by atoms with E-state index in [1.807, 2.05) is 42.5 Å². The fourth-order valence-electron chi connectivity index (χ4n) is 2.27. The lowest BCUT2D eigenvalue weighted by atomic mass is 10.2. The molecule has 0 fully saturated rings. The van der Waals surface area contributed by atoms with Gasteiger partial charge in [-0.3, -0.25) is 4.79 Å². The summed E-state index contributed by atoms with van der Waals surface area (Å²) < 4.78 is 0. The minimum Gasteiger partial charge on any atom is -0.473 e. The monoisotopic (exact) mass is 418 g/mol. The standard InChI is InChI=1S/C19H24N2OS.C2H2O4/c1-3-9-15(2)20-14-19(22)21-17-12-7-8-13-18(17)23-16-10-5-4-6-11-16;3-1(4)2(5)6/h4-8,10-13,15,20H,3,9,14H2,1-2H3,(H,21,22);(H,3,4)(H,5,6). The second-order valence-corrected chi connectivity index (χ2v) is 7.26. The van der Waals surface area contributed by atoms with Gasteiger partial charge in [0.2, 0.25) is 5.91 Å². The van der Waals surface area contributed by atoms with Gasteiger partial charge in [-0.1, -0.05) is 55.4 Å². The Kier molecular flexibility index (Phi) is 11.1. The molecule has 0 spiro atoms. The molecule has 1 amide bonds. The third-order valence-corrected chi connectivity index (χ3v) is 4.73. The molecule has 2 aromatic rings. The van der Waals surface area contributed by atoms with Crippen LogP contribution in [0.25, 0.3) is 0 Å². The summed E-state index contributed by atoms with van der Waals surface area (Å²) >= 11 is 1.65. The van der Waals surface area contributed by atoms with Crippen molar-refractivity contribution in [3.8, 4) is 0 Å². The number of carbonyl (C=O) groups excluding carboxylic acids is 1. The van der Waals surface area contributed by atoms with Crippen LogP contribution in [-0.2, 0) is 14.4 Å². The average molecular weight is 419 g/mol. The van der Waals surface area contributed by atoms with Crippen molar-refractivity contribution in [2.45, 2.75) is 42.5 Å². The third-order valence-electron chi connectivity index (χ3n) is 3.65. The molecule has 29 heavy (non-hydrogen) atoms. The maximum Gasteiger partial charge on any atom is 0.414 e. The Morgan fingerprint density at radius 3 is 2.14 bits per heavy atom. The minimum atomic E-state index is -1.82. The quantitative estimate of drug-likeness (QED) is 0.483. The van der Waals surface area contributed by atoms with Crippen molar-refractivity contribution < 1.29 is 24.6 Å². The van der Waals surface area contributed by atoms with Crippen molar-refractivity contribution in [2.75, 3.05) is 11.9 Å². The van der Waals surface area contributed by atoms with Crippen LogP contribution in [0.5, 0.6) is 0 Å². The van der Waals surface area contributed by atoms with Gasteiger partial charge in [0.05, 0.1) is 12.2 Å². The van der Waals surface area contributed by atoms with E-state index < -0.39 is 11.9 Å². The molecule has 0 aliphatic heterocycles. The normalized spacial score (nSPS) is 11.0. The smallest absolute Gasteiger partial charge is 0.414 e. The molecule has 8 heteroatoms. The Hall–Kier alpha value is -2.84. The molecule has 0 aliphatic rings. The lowest BCUT2D eigenvalue weighted by Crippen LogP contribution is -2.34. The first-order chi connectivity index (χ1) is 13.8. The second-order valence-electron chi connectivity index (χ2n) is 6.14. The van der Waals surface area contributed by atoms with E-state index >= 15 is 0 Å². The predicted molar refractivity (Wildman–Crippen MR) is 113 cm³/mol. The van der Waals surface area contributed by atoms with Crippen LogP contribution in [0.4, 0.5) is 5.69 Å². The van der Waals surface area contributed by atoms with Crippen molar-refractivity contribution >= 4 is 35.3 Å². The van der Waals surface area contributed by atoms with Crippen LogP contribution in [0.15, 0.2) is 64.4 Å². The van der Waals surface area contributed by atoms with Crippen LogP contribution in [0.2, 0.25) is 0 Å². The predicted octanol–water partition coefficient (Wildman–Crippen LogP) is 3.71. The summed E-state index contributed by atoms with van der Waals surface area (Å²) in [5.41, 5.74) is 0.858. The van der Waals surface area contributed by atoms with Gasteiger partial charge in [0, 0.05) is 15.8 Å². The van der Waals surface area contributed by atoms with Crippen molar-refractivity contribution in [3.05, 3.63) is 54.6 Å². The molecule has 2 aromatic carbocycles. The summed E-state index contributed by atoms with van der Waals surface area (Å²) in [5.74, 6) is -3.65. The number of aliphatic carboxylic acids is 2. The summed E-state index contributed by atoms with van der Waals surface area (Å²) in [6.07, 6.45) is 2.19. The van der Waals surface area contributed by atoms with Crippen LogP contribution in [0, 0.1) is 0 Å². The van der Waals surface area contributed by atoms with Gasteiger partial charge >= 0.3 is 11.9 Å². The number of nitrogens with one attached hydrogen (secondary N) is 2. The number of amides is 1. The van der Waals surface area contributed by atoms with E-state index in [0.717, 1.165) is 28.3 Å². The maximum absolute atomic E-state index is 12.1. The third kappa shape index (κ3) is 10.3. The highest BCUT2D eigenvalue weighted by atomic mass is 32.2. The molecule has 0 saturated carbocycles. The van der Waals surface area contributed by atoms with Gasteiger partial charge in [0.1, 0.15) is 0 Å². The molecule has 7 nitrogen and oxygen atoms in total. The first-order valence-electron chi connectivity index (χ1n) is 9.14. The van der Waals surface area contributed by atoms with Crippen molar-refractivity contribution in [1.82, 2.24) is 5.32 Å². The fourth-order valence-corrected chi connectivity index (χ4v) is 3.19. The molecule has 1 unspecified atom stereocenters. The zero-order valence-electron chi connectivity index (χ0n) is 16.4. The van der Waals surface area contributed by atoms with Crippen LogP contribution >= 0.6 is 11.8 Å². The molecule has 0 aromatic heterocycles. The molecule has 0 heterocycles. The van der Waals surface area contributed by atoms with Gasteiger partial charge < -0.3 is 20.8 Å². The summed E-state index contributed by atoms with van der Waals surface area (Å²) in [5, 5.41) is 21.0. The topological polar surface area (TPSA) is 116 Å². The molecule has 0 saturated heterocycles. The van der Waals surface area contributed by atoms with E-state index in [1.54, 1.807) is 11.8 Å². The summed E-state index contributed by atoms with van der Waals surface area (Å²) in [6.45, 7) is 4.59. The number of hydrogen-bond donors (Lipinski definition) is 4. The zero-order valence-corrected chi connectivity index (χ0v) is 17.2. The number of carboxylic acids is 2. The molecule has 2 rings (SSSR count). The molecule has 0 bridgehead atoms. The molecular weight excluding hydrogens is 392 g/mol. The number of carbonyl (C=O) groups is 3. The van der Waals surface area contributed by atoms with E-state index in [4.69, 9.17) is 19.8 Å². The summed E-state index contributed by atoms with van der Waals surface area (Å²) in [6, 6.07) is 18.4. The Balaban J connectivity index is 0.000000612. The Morgan fingerprint density at radius 2 is 1.55 bits per heavy atom. The Labute approximate surface area is 174 Å². The van der Waals surface area contributed by atoms with Crippen LogP contribution in [0.1, 0.15) is 26.7 Å². The lowest BCUT2D eigenvalue weighted by molar-refractivity contribution is -0.159. The molecule has 1 atom stereocenters. The second kappa shape index (κ2) is 13.4. The van der Waals surface area contributed by atoms with Crippen LogP contribution < -0.4 is 10.6 Å². The highest BCUT2D eigenvalue weighted by Gasteiger charge is 2.09. The van der Waals surface area contributed by atoms with Gasteiger partial charge in [-0.05, 0) is 37.6 Å². The largest absolute Gasteiger partial charge is 0.473 e. The number of para-hydroxylation sites is 1.